The Hall–Kier alpha value is -2.92. The molecular weight excluding hydrogens is 424 g/mol. The molecule has 1 amide bonds. The minimum atomic E-state index is -0.949. The number of likely N-dealkylation sites (N-methyl/N-ethyl adjacent to an activating group) is 1. The van der Waals surface area contributed by atoms with Gasteiger partial charge in [0.05, 0.1) is 30.1 Å². The topological polar surface area (TPSA) is 127 Å². The number of nitro groups is 1. The Morgan fingerprint density at radius 2 is 1.91 bits per heavy atom. The molecule has 1 aromatic carbocycles. The summed E-state index contributed by atoms with van der Waals surface area (Å²) in [4.78, 5) is 36.9. The van der Waals surface area contributed by atoms with Gasteiger partial charge in [-0.05, 0) is 39.8 Å². The highest BCUT2D eigenvalue weighted by Crippen LogP contribution is 2.36. The minimum absolute atomic E-state index is 0.118. The van der Waals surface area contributed by atoms with Crippen LogP contribution in [0.5, 0.6) is 5.75 Å². The summed E-state index contributed by atoms with van der Waals surface area (Å²) in [6, 6.07) is 4.68. The van der Waals surface area contributed by atoms with Crippen molar-refractivity contribution in [2.75, 3.05) is 19.8 Å². The van der Waals surface area contributed by atoms with Crippen molar-refractivity contribution >= 4 is 17.9 Å². The molecule has 11 heteroatoms. The molecule has 0 N–H and O–H groups in total. The number of hydrogen-bond donors (Lipinski definition) is 0. The molecule has 0 bridgehead atoms. The van der Waals surface area contributed by atoms with Gasteiger partial charge >= 0.3 is 12.2 Å². The predicted octanol–water partition coefficient (Wildman–Crippen LogP) is 3.50. The molecule has 11 nitrogen and oxygen atoms in total. The zero-order valence-electron chi connectivity index (χ0n) is 18.5. The number of rotatable bonds is 5. The number of benzene rings is 1. The summed E-state index contributed by atoms with van der Waals surface area (Å²) in [5, 5.41) is 10.8. The Bertz CT molecular complexity index is 837. The highest BCUT2D eigenvalue weighted by Gasteiger charge is 2.51. The fourth-order valence-corrected chi connectivity index (χ4v) is 3.81. The molecule has 0 unspecified atom stereocenters. The van der Waals surface area contributed by atoms with E-state index >= 15 is 0 Å². The van der Waals surface area contributed by atoms with E-state index in [1.807, 2.05) is 6.92 Å². The van der Waals surface area contributed by atoms with Crippen molar-refractivity contribution in [2.24, 2.45) is 5.92 Å². The van der Waals surface area contributed by atoms with Crippen LogP contribution in [0, 0.1) is 16.0 Å². The van der Waals surface area contributed by atoms with Gasteiger partial charge in [-0.2, -0.15) is 0 Å². The average molecular weight is 452 g/mol. The van der Waals surface area contributed by atoms with Crippen LogP contribution in [0.2, 0.25) is 0 Å². The molecule has 1 aromatic rings. The third kappa shape index (κ3) is 5.65. The number of fused-ring (bicyclic) bond motifs is 1. The summed E-state index contributed by atoms with van der Waals surface area (Å²) in [6.45, 7) is 8.12. The predicted molar refractivity (Wildman–Crippen MR) is 110 cm³/mol. The number of hydrogen-bond acceptors (Lipinski definition) is 9. The Morgan fingerprint density at radius 3 is 2.50 bits per heavy atom. The highest BCUT2D eigenvalue weighted by atomic mass is 16.7. The third-order valence-electron chi connectivity index (χ3n) is 5.17. The van der Waals surface area contributed by atoms with E-state index in [0.29, 0.717) is 19.6 Å². The summed E-state index contributed by atoms with van der Waals surface area (Å²) in [5.41, 5.74) is -0.776. The van der Waals surface area contributed by atoms with Crippen LogP contribution >= 0.6 is 0 Å². The number of ether oxygens (including phenoxy) is 5. The first-order valence-corrected chi connectivity index (χ1v) is 10.4. The molecule has 0 aliphatic carbocycles. The molecule has 0 aromatic heterocycles. The van der Waals surface area contributed by atoms with E-state index in [9.17, 15) is 19.7 Å². The van der Waals surface area contributed by atoms with E-state index in [2.05, 4.69) is 0 Å². The molecule has 2 aliphatic rings. The lowest BCUT2D eigenvalue weighted by Crippen LogP contribution is -2.53. The molecular formula is C21H28N2O9. The second-order valence-electron chi connectivity index (χ2n) is 8.53. The summed E-state index contributed by atoms with van der Waals surface area (Å²) in [6.07, 6.45) is -2.25. The Kier molecular flexibility index (Phi) is 7.19. The molecule has 176 valence electrons. The maximum Gasteiger partial charge on any atom is 0.514 e. The van der Waals surface area contributed by atoms with Crippen LogP contribution in [-0.2, 0) is 18.9 Å². The molecule has 4 atom stereocenters. The monoisotopic (exact) mass is 452 g/mol. The van der Waals surface area contributed by atoms with E-state index in [1.54, 1.807) is 25.7 Å². The van der Waals surface area contributed by atoms with Crippen molar-refractivity contribution in [3.8, 4) is 5.75 Å². The fourth-order valence-electron chi connectivity index (χ4n) is 3.81. The van der Waals surface area contributed by atoms with Gasteiger partial charge in [-0.25, -0.2) is 9.59 Å². The first kappa shape index (κ1) is 23.7. The summed E-state index contributed by atoms with van der Waals surface area (Å²) >= 11 is 0. The van der Waals surface area contributed by atoms with E-state index in [-0.39, 0.29) is 18.0 Å². The van der Waals surface area contributed by atoms with Gasteiger partial charge in [-0.1, -0.05) is 0 Å². The van der Waals surface area contributed by atoms with Crippen LogP contribution in [0.4, 0.5) is 15.3 Å². The lowest BCUT2D eigenvalue weighted by molar-refractivity contribution is -0.384. The van der Waals surface area contributed by atoms with E-state index in [1.165, 1.54) is 24.3 Å². The van der Waals surface area contributed by atoms with Gasteiger partial charge in [0.2, 0.25) is 0 Å². The van der Waals surface area contributed by atoms with Crippen molar-refractivity contribution in [3.05, 3.63) is 34.4 Å². The zero-order chi connectivity index (χ0) is 23.5. The number of amides is 1. The maximum atomic E-state index is 12.7. The Labute approximate surface area is 185 Å². The van der Waals surface area contributed by atoms with Gasteiger partial charge < -0.3 is 28.6 Å². The maximum absolute atomic E-state index is 12.7. The molecule has 0 radical (unpaired) electrons. The number of nitro benzene ring substituents is 1. The largest absolute Gasteiger partial charge is 0.514 e. The lowest BCUT2D eigenvalue weighted by Gasteiger charge is -2.38. The van der Waals surface area contributed by atoms with Gasteiger partial charge in [0, 0.05) is 25.1 Å². The second-order valence-corrected chi connectivity index (χ2v) is 8.53. The third-order valence-corrected chi connectivity index (χ3v) is 5.17. The van der Waals surface area contributed by atoms with Crippen LogP contribution in [-0.4, -0.2) is 65.9 Å². The minimum Gasteiger partial charge on any atom is -0.444 e. The first-order valence-electron chi connectivity index (χ1n) is 10.4. The van der Waals surface area contributed by atoms with Crippen molar-refractivity contribution in [2.45, 2.75) is 58.2 Å². The molecule has 2 aliphatic heterocycles. The van der Waals surface area contributed by atoms with Gasteiger partial charge in [0.25, 0.3) is 5.69 Å². The molecule has 2 heterocycles. The first-order chi connectivity index (χ1) is 15.1. The van der Waals surface area contributed by atoms with E-state index < -0.39 is 47.1 Å². The summed E-state index contributed by atoms with van der Waals surface area (Å²) in [7, 11) is 0. The van der Waals surface area contributed by atoms with Crippen molar-refractivity contribution < 1.29 is 38.2 Å². The molecule has 0 saturated carbocycles. The van der Waals surface area contributed by atoms with Gasteiger partial charge in [0.15, 0.2) is 6.29 Å². The number of non-ortho nitro benzene ring substituents is 1. The standard InChI is InChI=1S/C21H28N2O9/c1-5-22(19(24)32-21(2,3)4)15-12-29-18-17(15)16(10-11-28-18)31-20(25)30-14-8-6-13(7-9-14)23(26)27/h6-9,15-18H,5,10-12H2,1-4H3/t15-,16-,17-,18+/m0/s1. The molecule has 2 saturated heterocycles. The van der Waals surface area contributed by atoms with E-state index in [4.69, 9.17) is 23.7 Å². The summed E-state index contributed by atoms with van der Waals surface area (Å²) in [5.74, 6) is -0.298. The Morgan fingerprint density at radius 1 is 1.22 bits per heavy atom. The lowest BCUT2D eigenvalue weighted by atomic mass is 9.90. The number of carbonyl (C=O) groups excluding carboxylic acids is 2. The van der Waals surface area contributed by atoms with Crippen LogP contribution in [0.25, 0.3) is 0 Å². The molecule has 32 heavy (non-hydrogen) atoms. The molecule has 2 fully saturated rings. The van der Waals surface area contributed by atoms with Crippen molar-refractivity contribution in [3.63, 3.8) is 0 Å². The fraction of sp³-hybridized carbons (Fsp3) is 0.619. The quantitative estimate of drug-likeness (QED) is 0.285. The summed E-state index contributed by atoms with van der Waals surface area (Å²) < 4.78 is 27.6. The molecule has 3 rings (SSSR count). The number of nitrogens with zero attached hydrogens (tertiary/aromatic N) is 2. The highest BCUT2D eigenvalue weighted by molar-refractivity contribution is 5.69. The normalized spacial score (nSPS) is 24.9. The smallest absolute Gasteiger partial charge is 0.444 e. The van der Waals surface area contributed by atoms with Crippen LogP contribution < -0.4 is 4.74 Å². The van der Waals surface area contributed by atoms with Gasteiger partial charge in [0.1, 0.15) is 17.5 Å². The average Bonchev–Trinajstić information content (AvgIpc) is 3.12. The van der Waals surface area contributed by atoms with Crippen LogP contribution in [0.15, 0.2) is 24.3 Å². The van der Waals surface area contributed by atoms with E-state index in [0.717, 1.165) is 0 Å². The van der Waals surface area contributed by atoms with Gasteiger partial charge in [-0.3, -0.25) is 10.1 Å². The van der Waals surface area contributed by atoms with Crippen LogP contribution in [0.3, 0.4) is 0 Å². The SMILES string of the molecule is CCN(C(=O)OC(C)(C)C)[C@H]1CO[C@H]2OCC[C@H](OC(=O)Oc3ccc([N+](=O)[O-])cc3)[C@@H]21. The number of carbonyl (C=O) groups is 2. The van der Waals surface area contributed by atoms with Crippen LogP contribution in [0.1, 0.15) is 34.1 Å². The Balaban J connectivity index is 1.68. The van der Waals surface area contributed by atoms with Crippen molar-refractivity contribution in [1.29, 1.82) is 0 Å². The molecule has 0 spiro atoms. The van der Waals surface area contributed by atoms with Crippen molar-refractivity contribution in [1.82, 2.24) is 4.90 Å². The second kappa shape index (κ2) is 9.70. The zero-order valence-corrected chi connectivity index (χ0v) is 18.5. The van der Waals surface area contributed by atoms with Gasteiger partial charge in [-0.15, -0.1) is 0 Å².